The quantitative estimate of drug-likeness (QED) is 0.549. The number of halogens is 1. The van der Waals surface area contributed by atoms with Crippen LogP contribution >= 0.6 is 11.6 Å². The van der Waals surface area contributed by atoms with Gasteiger partial charge in [0, 0.05) is 16.8 Å². The van der Waals surface area contributed by atoms with Gasteiger partial charge in [-0.3, -0.25) is 4.40 Å². The molecule has 0 atom stereocenters. The molecular formula is C17H12ClN3O2S. The molecule has 0 fully saturated rings. The number of imidazole rings is 1. The zero-order valence-corrected chi connectivity index (χ0v) is 14.2. The van der Waals surface area contributed by atoms with Crippen LogP contribution in [0.1, 0.15) is 0 Å². The molecule has 0 aliphatic rings. The monoisotopic (exact) mass is 357 g/mol. The number of benzene rings is 2. The highest BCUT2D eigenvalue weighted by molar-refractivity contribution is 7.90. The van der Waals surface area contributed by atoms with Crippen molar-refractivity contribution >= 4 is 38.2 Å². The van der Waals surface area contributed by atoms with Crippen LogP contribution in [0.5, 0.6) is 0 Å². The summed E-state index contributed by atoms with van der Waals surface area (Å²) in [5, 5.41) is 0.584. The molecule has 0 spiro atoms. The van der Waals surface area contributed by atoms with Gasteiger partial charge in [-0.25, -0.2) is 18.4 Å². The van der Waals surface area contributed by atoms with Gasteiger partial charge < -0.3 is 0 Å². The number of rotatable bonds is 2. The van der Waals surface area contributed by atoms with Crippen molar-refractivity contribution in [2.75, 3.05) is 6.26 Å². The second-order valence-corrected chi connectivity index (χ2v) is 7.91. The first-order valence-corrected chi connectivity index (χ1v) is 9.44. The van der Waals surface area contributed by atoms with Gasteiger partial charge in [0.05, 0.1) is 22.9 Å². The van der Waals surface area contributed by atoms with Crippen molar-refractivity contribution in [2.24, 2.45) is 0 Å². The largest absolute Gasteiger partial charge is 0.275 e. The molecule has 4 rings (SSSR count). The Morgan fingerprint density at radius 3 is 2.46 bits per heavy atom. The van der Waals surface area contributed by atoms with Crippen molar-refractivity contribution in [1.82, 2.24) is 14.4 Å². The number of fused-ring (bicyclic) bond motifs is 3. The summed E-state index contributed by atoms with van der Waals surface area (Å²) in [6, 6.07) is 14.6. The molecule has 0 radical (unpaired) electrons. The predicted molar refractivity (Wildman–Crippen MR) is 94.0 cm³/mol. The average Bonchev–Trinajstić information content (AvgIpc) is 2.92. The molecule has 24 heavy (non-hydrogen) atoms. The Labute approximate surface area is 143 Å². The van der Waals surface area contributed by atoms with Crippen molar-refractivity contribution in [3.05, 3.63) is 59.8 Å². The molecule has 0 amide bonds. The molecule has 0 unspecified atom stereocenters. The highest BCUT2D eigenvalue weighted by Gasteiger charge is 2.21. The molecule has 0 saturated carbocycles. The minimum Gasteiger partial charge on any atom is -0.275 e. The van der Waals surface area contributed by atoms with Crippen LogP contribution in [0.25, 0.3) is 28.1 Å². The SMILES string of the molecule is CS(=O)(=O)c1cnc2nc3ccccc3n2c1-c1ccc(Cl)cc1. The molecule has 0 aliphatic carbocycles. The zero-order chi connectivity index (χ0) is 16.9. The third-order valence-corrected chi connectivity index (χ3v) is 5.16. The summed E-state index contributed by atoms with van der Waals surface area (Å²) in [6.45, 7) is 0. The van der Waals surface area contributed by atoms with E-state index >= 15 is 0 Å². The first-order valence-electron chi connectivity index (χ1n) is 7.17. The van der Waals surface area contributed by atoms with E-state index in [1.165, 1.54) is 12.5 Å². The van der Waals surface area contributed by atoms with Gasteiger partial charge in [0.15, 0.2) is 9.84 Å². The van der Waals surface area contributed by atoms with Gasteiger partial charge in [0.2, 0.25) is 5.78 Å². The van der Waals surface area contributed by atoms with Crippen molar-refractivity contribution in [3.63, 3.8) is 0 Å². The smallest absolute Gasteiger partial charge is 0.235 e. The molecule has 2 aromatic carbocycles. The third kappa shape index (κ3) is 2.35. The van der Waals surface area contributed by atoms with Crippen LogP contribution < -0.4 is 0 Å². The predicted octanol–water partition coefficient (Wildman–Crippen LogP) is 3.61. The Morgan fingerprint density at radius 1 is 1.04 bits per heavy atom. The van der Waals surface area contributed by atoms with Crippen LogP contribution in [-0.2, 0) is 9.84 Å². The fourth-order valence-corrected chi connectivity index (χ4v) is 3.69. The van der Waals surface area contributed by atoms with Crippen molar-refractivity contribution in [3.8, 4) is 11.3 Å². The Balaban J connectivity index is 2.23. The number of aromatic nitrogens is 3. The molecule has 2 aromatic heterocycles. The lowest BCUT2D eigenvalue weighted by atomic mass is 10.1. The van der Waals surface area contributed by atoms with E-state index in [1.807, 2.05) is 24.3 Å². The molecule has 4 aromatic rings. The summed E-state index contributed by atoms with van der Waals surface area (Å²) in [4.78, 5) is 8.86. The van der Waals surface area contributed by atoms with Gasteiger partial charge in [-0.15, -0.1) is 0 Å². The summed E-state index contributed by atoms with van der Waals surface area (Å²) in [7, 11) is -3.47. The van der Waals surface area contributed by atoms with E-state index in [2.05, 4.69) is 9.97 Å². The van der Waals surface area contributed by atoms with Crippen LogP contribution in [0.2, 0.25) is 5.02 Å². The number of hydrogen-bond acceptors (Lipinski definition) is 4. The standard InChI is InChI=1S/C17H12ClN3O2S/c1-24(22,23)15-10-19-17-20-13-4-2-3-5-14(13)21(17)16(15)11-6-8-12(18)9-7-11/h2-10H,1H3. The summed E-state index contributed by atoms with van der Waals surface area (Å²) >= 11 is 5.97. The van der Waals surface area contributed by atoms with Crippen molar-refractivity contribution in [1.29, 1.82) is 0 Å². The molecule has 5 nitrogen and oxygen atoms in total. The summed E-state index contributed by atoms with van der Waals surface area (Å²) < 4.78 is 26.4. The van der Waals surface area contributed by atoms with E-state index in [0.29, 0.717) is 16.5 Å². The van der Waals surface area contributed by atoms with E-state index in [9.17, 15) is 8.42 Å². The van der Waals surface area contributed by atoms with Gasteiger partial charge in [-0.05, 0) is 24.3 Å². The molecule has 0 bridgehead atoms. The van der Waals surface area contributed by atoms with Gasteiger partial charge in [0.1, 0.15) is 4.90 Å². The van der Waals surface area contributed by atoms with Crippen LogP contribution in [0.4, 0.5) is 0 Å². The maximum atomic E-state index is 12.3. The van der Waals surface area contributed by atoms with Crippen molar-refractivity contribution < 1.29 is 8.42 Å². The molecule has 0 saturated heterocycles. The van der Waals surface area contributed by atoms with Gasteiger partial charge in [-0.2, -0.15) is 0 Å². The Hall–Kier alpha value is -2.44. The summed E-state index contributed by atoms with van der Waals surface area (Å²) in [5.41, 5.74) is 2.82. The minimum absolute atomic E-state index is 0.153. The fraction of sp³-hybridized carbons (Fsp3) is 0.0588. The minimum atomic E-state index is -3.47. The number of sulfone groups is 1. The van der Waals surface area contributed by atoms with Crippen molar-refractivity contribution in [2.45, 2.75) is 4.90 Å². The first-order chi connectivity index (χ1) is 11.4. The van der Waals surface area contributed by atoms with E-state index in [1.54, 1.807) is 28.7 Å². The van der Waals surface area contributed by atoms with E-state index in [0.717, 1.165) is 16.6 Å². The van der Waals surface area contributed by atoms with Gasteiger partial charge in [-0.1, -0.05) is 35.9 Å². The van der Waals surface area contributed by atoms with Crippen LogP contribution in [0.3, 0.4) is 0 Å². The molecule has 2 heterocycles. The lowest BCUT2D eigenvalue weighted by molar-refractivity contribution is 0.601. The average molecular weight is 358 g/mol. The maximum Gasteiger partial charge on any atom is 0.235 e. The van der Waals surface area contributed by atoms with E-state index in [4.69, 9.17) is 11.6 Å². The zero-order valence-electron chi connectivity index (χ0n) is 12.6. The number of nitrogens with zero attached hydrogens (tertiary/aromatic N) is 3. The molecule has 0 aliphatic heterocycles. The highest BCUT2D eigenvalue weighted by atomic mass is 35.5. The molecule has 0 N–H and O–H groups in total. The van der Waals surface area contributed by atoms with Crippen LogP contribution in [0, 0.1) is 0 Å². The van der Waals surface area contributed by atoms with E-state index < -0.39 is 9.84 Å². The molecule has 120 valence electrons. The van der Waals surface area contributed by atoms with Crippen LogP contribution in [0.15, 0.2) is 59.6 Å². The number of hydrogen-bond donors (Lipinski definition) is 0. The van der Waals surface area contributed by atoms with Gasteiger partial charge >= 0.3 is 0 Å². The Kier molecular flexibility index (Phi) is 3.33. The van der Waals surface area contributed by atoms with Gasteiger partial charge in [0.25, 0.3) is 0 Å². The third-order valence-electron chi connectivity index (χ3n) is 3.81. The summed E-state index contributed by atoms with van der Waals surface area (Å²) in [5.74, 6) is 0.452. The summed E-state index contributed by atoms with van der Waals surface area (Å²) in [6.07, 6.45) is 2.54. The molecular weight excluding hydrogens is 346 g/mol. The fourth-order valence-electron chi connectivity index (χ4n) is 2.76. The van der Waals surface area contributed by atoms with Crippen LogP contribution in [-0.4, -0.2) is 29.0 Å². The number of para-hydroxylation sites is 2. The lowest BCUT2D eigenvalue weighted by Gasteiger charge is -2.11. The first kappa shape index (κ1) is 15.1. The highest BCUT2D eigenvalue weighted by Crippen LogP contribution is 2.31. The normalized spacial score (nSPS) is 12.1. The second-order valence-electron chi connectivity index (χ2n) is 5.49. The molecule has 7 heteroatoms. The second kappa shape index (κ2) is 5.29. The van der Waals surface area contributed by atoms with E-state index in [-0.39, 0.29) is 4.90 Å². The lowest BCUT2D eigenvalue weighted by Crippen LogP contribution is -2.06. The Bertz CT molecular complexity index is 1180. The maximum absolute atomic E-state index is 12.3. The Morgan fingerprint density at radius 2 is 1.75 bits per heavy atom. The topological polar surface area (TPSA) is 64.3 Å².